The van der Waals surface area contributed by atoms with Gasteiger partial charge in [-0.3, -0.25) is 14.7 Å². The molecule has 0 saturated heterocycles. The summed E-state index contributed by atoms with van der Waals surface area (Å²) < 4.78 is 55.2. The monoisotopic (exact) mass is 516 g/mol. The molecule has 0 aliphatic heterocycles. The number of rotatable bonds is 8. The topological polar surface area (TPSA) is 83.5 Å². The van der Waals surface area contributed by atoms with Crippen LogP contribution in [-0.2, 0) is 16.6 Å². The Labute approximate surface area is 205 Å². The zero-order valence-electron chi connectivity index (χ0n) is 19.0. The van der Waals surface area contributed by atoms with Gasteiger partial charge in [0, 0.05) is 37.1 Å². The van der Waals surface area contributed by atoms with Crippen LogP contribution in [0.2, 0.25) is 0 Å². The number of thiazole rings is 1. The van der Waals surface area contributed by atoms with E-state index in [9.17, 15) is 22.0 Å². The van der Waals surface area contributed by atoms with Gasteiger partial charge < -0.3 is 0 Å². The second-order valence-electron chi connectivity index (χ2n) is 7.60. The van der Waals surface area contributed by atoms with Gasteiger partial charge in [0.1, 0.15) is 11.3 Å². The Morgan fingerprint density at radius 1 is 1.06 bits per heavy atom. The van der Waals surface area contributed by atoms with Crippen molar-refractivity contribution in [3.8, 4) is 0 Å². The van der Waals surface area contributed by atoms with E-state index in [-0.39, 0.29) is 32.4 Å². The molecule has 182 valence electrons. The Kier molecular flexibility index (Phi) is 7.20. The van der Waals surface area contributed by atoms with Crippen molar-refractivity contribution in [2.24, 2.45) is 0 Å². The van der Waals surface area contributed by atoms with Crippen LogP contribution in [0.15, 0.2) is 65.8 Å². The summed E-state index contributed by atoms with van der Waals surface area (Å²) in [6.45, 7) is 4.24. The Morgan fingerprint density at radius 3 is 2.40 bits per heavy atom. The normalized spacial score (nSPS) is 11.8. The molecule has 35 heavy (non-hydrogen) atoms. The summed E-state index contributed by atoms with van der Waals surface area (Å²) in [4.78, 5) is 23.3. The summed E-state index contributed by atoms with van der Waals surface area (Å²) in [6.07, 6.45) is 3.19. The largest absolute Gasteiger partial charge is 0.279 e. The van der Waals surface area contributed by atoms with Gasteiger partial charge in [0.25, 0.3) is 5.91 Å². The van der Waals surface area contributed by atoms with Gasteiger partial charge in [0.05, 0.1) is 16.1 Å². The maximum absolute atomic E-state index is 14.3. The van der Waals surface area contributed by atoms with Crippen LogP contribution >= 0.6 is 11.3 Å². The maximum Gasteiger partial charge on any atom is 0.260 e. The predicted molar refractivity (Wildman–Crippen MR) is 131 cm³/mol. The summed E-state index contributed by atoms with van der Waals surface area (Å²) in [5.74, 6) is -2.02. The second kappa shape index (κ2) is 10.1. The fourth-order valence-electron chi connectivity index (χ4n) is 3.60. The van der Waals surface area contributed by atoms with E-state index in [1.807, 2.05) is 0 Å². The van der Waals surface area contributed by atoms with Crippen molar-refractivity contribution in [3.05, 3.63) is 83.7 Å². The highest BCUT2D eigenvalue weighted by molar-refractivity contribution is 7.89. The van der Waals surface area contributed by atoms with Gasteiger partial charge in [-0.25, -0.2) is 22.2 Å². The third kappa shape index (κ3) is 5.07. The first kappa shape index (κ1) is 24.8. The minimum absolute atomic E-state index is 0.0314. The number of halogens is 2. The van der Waals surface area contributed by atoms with E-state index in [0.29, 0.717) is 18.7 Å². The Morgan fingerprint density at radius 2 is 1.77 bits per heavy atom. The zero-order valence-corrected chi connectivity index (χ0v) is 20.6. The lowest BCUT2D eigenvalue weighted by molar-refractivity contribution is 0.0985. The average Bonchev–Trinajstić information content (AvgIpc) is 3.27. The number of amides is 1. The third-order valence-corrected chi connectivity index (χ3v) is 8.48. The molecule has 0 aliphatic carbocycles. The van der Waals surface area contributed by atoms with E-state index in [4.69, 9.17) is 0 Å². The number of hydrogen-bond acceptors (Lipinski definition) is 6. The van der Waals surface area contributed by atoms with E-state index in [0.717, 1.165) is 17.4 Å². The zero-order chi connectivity index (χ0) is 25.2. The summed E-state index contributed by atoms with van der Waals surface area (Å²) >= 11 is 0.984. The number of benzene rings is 2. The second-order valence-corrected chi connectivity index (χ2v) is 10.5. The quantitative estimate of drug-likeness (QED) is 0.334. The van der Waals surface area contributed by atoms with Gasteiger partial charge in [-0.1, -0.05) is 31.3 Å². The number of sulfonamides is 1. The molecule has 4 rings (SSSR count). The number of aromatic nitrogens is 2. The third-order valence-electron chi connectivity index (χ3n) is 5.39. The molecule has 0 atom stereocenters. The summed E-state index contributed by atoms with van der Waals surface area (Å²) in [7, 11) is -3.68. The number of carbonyl (C=O) groups is 1. The lowest BCUT2D eigenvalue weighted by Gasteiger charge is -2.21. The Bertz CT molecular complexity index is 1460. The predicted octanol–water partition coefficient (Wildman–Crippen LogP) is 4.85. The summed E-state index contributed by atoms with van der Waals surface area (Å²) in [6, 6.07) is 11.0. The molecule has 0 saturated carbocycles. The van der Waals surface area contributed by atoms with Gasteiger partial charge in [-0.15, -0.1) is 0 Å². The first-order valence-corrected chi connectivity index (χ1v) is 13.1. The first-order valence-electron chi connectivity index (χ1n) is 10.8. The van der Waals surface area contributed by atoms with Crippen molar-refractivity contribution in [1.29, 1.82) is 0 Å². The molecule has 2 heterocycles. The molecule has 0 bridgehead atoms. The van der Waals surface area contributed by atoms with Gasteiger partial charge >= 0.3 is 0 Å². The van der Waals surface area contributed by atoms with Crippen LogP contribution in [0, 0.1) is 11.6 Å². The number of pyridine rings is 1. The van der Waals surface area contributed by atoms with E-state index >= 15 is 0 Å². The standard InChI is InChI=1S/C24H22F2N4O3S2/c1-3-29(4-2)35(32,33)19-9-7-17(8-10-19)23(31)30(15-16-6-5-11-27-14-16)24-28-22-20(26)12-18(25)13-21(22)34-24/h5-14H,3-4,15H2,1-2H3. The summed E-state index contributed by atoms with van der Waals surface area (Å²) in [5, 5.41) is 0.179. The highest BCUT2D eigenvalue weighted by atomic mass is 32.2. The van der Waals surface area contributed by atoms with E-state index in [2.05, 4.69) is 9.97 Å². The minimum atomic E-state index is -3.68. The Balaban J connectivity index is 1.73. The molecule has 0 spiro atoms. The molecule has 0 radical (unpaired) electrons. The van der Waals surface area contributed by atoms with Gasteiger partial charge in [-0.2, -0.15) is 4.31 Å². The number of hydrogen-bond donors (Lipinski definition) is 0. The van der Waals surface area contributed by atoms with Crippen LogP contribution in [0.4, 0.5) is 13.9 Å². The van der Waals surface area contributed by atoms with Crippen LogP contribution in [-0.4, -0.2) is 41.7 Å². The molecule has 0 aliphatic rings. The van der Waals surface area contributed by atoms with Crippen molar-refractivity contribution in [3.63, 3.8) is 0 Å². The van der Waals surface area contributed by atoms with Crippen LogP contribution in [0.25, 0.3) is 10.2 Å². The molecule has 0 N–H and O–H groups in total. The molecule has 0 fully saturated rings. The van der Waals surface area contributed by atoms with E-state index in [1.165, 1.54) is 39.5 Å². The van der Waals surface area contributed by atoms with Crippen LogP contribution in [0.5, 0.6) is 0 Å². The fourth-order valence-corrected chi connectivity index (χ4v) is 6.06. The number of nitrogens with zero attached hydrogens (tertiary/aromatic N) is 4. The molecule has 1 amide bonds. The van der Waals surface area contributed by atoms with Crippen LogP contribution in [0.3, 0.4) is 0 Å². The number of anilines is 1. The lowest BCUT2D eigenvalue weighted by Crippen LogP contribution is -2.31. The smallest absolute Gasteiger partial charge is 0.260 e. The molecular formula is C24H22F2N4O3S2. The maximum atomic E-state index is 14.3. The SMILES string of the molecule is CCN(CC)S(=O)(=O)c1ccc(C(=O)N(Cc2cccnc2)c2nc3c(F)cc(F)cc3s2)cc1. The molecule has 4 aromatic rings. The molecular weight excluding hydrogens is 494 g/mol. The number of fused-ring (bicyclic) bond motifs is 1. The van der Waals surface area contributed by atoms with Crippen molar-refractivity contribution in [2.45, 2.75) is 25.3 Å². The molecule has 2 aromatic heterocycles. The van der Waals surface area contributed by atoms with Gasteiger partial charge in [0.2, 0.25) is 10.0 Å². The highest BCUT2D eigenvalue weighted by Crippen LogP contribution is 2.33. The highest BCUT2D eigenvalue weighted by Gasteiger charge is 2.25. The minimum Gasteiger partial charge on any atom is -0.279 e. The van der Waals surface area contributed by atoms with Gasteiger partial charge in [-0.05, 0) is 42.0 Å². The van der Waals surface area contributed by atoms with Crippen molar-refractivity contribution >= 4 is 42.6 Å². The van der Waals surface area contributed by atoms with Crippen molar-refractivity contribution in [2.75, 3.05) is 18.0 Å². The molecule has 11 heteroatoms. The summed E-state index contributed by atoms with van der Waals surface area (Å²) in [5.41, 5.74) is 0.891. The van der Waals surface area contributed by atoms with Gasteiger partial charge in [0.15, 0.2) is 10.9 Å². The molecule has 0 unspecified atom stereocenters. The van der Waals surface area contributed by atoms with Crippen LogP contribution in [0.1, 0.15) is 29.8 Å². The first-order chi connectivity index (χ1) is 16.7. The van der Waals surface area contributed by atoms with Crippen molar-refractivity contribution < 1.29 is 22.0 Å². The average molecular weight is 517 g/mol. The molecule has 2 aromatic carbocycles. The molecule has 7 nitrogen and oxygen atoms in total. The van der Waals surface area contributed by atoms with E-state index < -0.39 is 27.6 Å². The van der Waals surface area contributed by atoms with Crippen molar-refractivity contribution in [1.82, 2.24) is 14.3 Å². The fraction of sp³-hybridized carbons (Fsp3) is 0.208. The lowest BCUT2D eigenvalue weighted by atomic mass is 10.2. The van der Waals surface area contributed by atoms with E-state index in [1.54, 1.807) is 38.4 Å². The Hall–Kier alpha value is -3.28. The van der Waals surface area contributed by atoms with Crippen LogP contribution < -0.4 is 4.90 Å². The number of carbonyl (C=O) groups excluding carboxylic acids is 1.